The van der Waals surface area contributed by atoms with Crippen LogP contribution >= 0.6 is 11.8 Å². The smallest absolute Gasteiger partial charge is 0.194 e. The summed E-state index contributed by atoms with van der Waals surface area (Å²) in [6.07, 6.45) is 1.73. The molecule has 24 heavy (non-hydrogen) atoms. The summed E-state index contributed by atoms with van der Waals surface area (Å²) >= 11 is 2.09. The zero-order valence-electron chi connectivity index (χ0n) is 15.7. The molecule has 2 heterocycles. The number of hydrogen-bond acceptors (Lipinski definition) is 4. The van der Waals surface area contributed by atoms with Gasteiger partial charge in [0.1, 0.15) is 5.76 Å². The van der Waals surface area contributed by atoms with E-state index in [4.69, 9.17) is 9.41 Å². The second kappa shape index (κ2) is 9.37. The van der Waals surface area contributed by atoms with E-state index >= 15 is 0 Å². The molecule has 5 nitrogen and oxygen atoms in total. The van der Waals surface area contributed by atoms with Crippen molar-refractivity contribution in [3.63, 3.8) is 0 Å². The van der Waals surface area contributed by atoms with Crippen molar-refractivity contribution < 1.29 is 4.42 Å². The number of likely N-dealkylation sites (N-methyl/N-ethyl adjacent to an activating group) is 1. The Morgan fingerprint density at radius 2 is 2.29 bits per heavy atom. The van der Waals surface area contributed by atoms with Gasteiger partial charge in [-0.2, -0.15) is 11.8 Å². The van der Waals surface area contributed by atoms with Gasteiger partial charge in [0.05, 0.1) is 18.8 Å². The van der Waals surface area contributed by atoms with Crippen molar-refractivity contribution >= 4 is 17.7 Å². The minimum atomic E-state index is 0.161. The van der Waals surface area contributed by atoms with E-state index in [0.29, 0.717) is 17.7 Å². The number of aliphatic imine (C=N–C) groups is 1. The molecule has 0 aromatic carbocycles. The maximum atomic E-state index is 5.59. The molecule has 1 aromatic rings. The lowest BCUT2D eigenvalue weighted by molar-refractivity contribution is 0.263. The zero-order valence-corrected chi connectivity index (χ0v) is 16.5. The lowest BCUT2D eigenvalue weighted by Crippen LogP contribution is -2.49. The second-order valence-corrected chi connectivity index (χ2v) is 8.14. The van der Waals surface area contributed by atoms with Gasteiger partial charge >= 0.3 is 0 Å². The molecular weight excluding hydrogens is 320 g/mol. The summed E-state index contributed by atoms with van der Waals surface area (Å²) in [5.41, 5.74) is 0. The van der Waals surface area contributed by atoms with Crippen molar-refractivity contribution in [2.45, 2.75) is 32.1 Å². The maximum absolute atomic E-state index is 5.59. The summed E-state index contributed by atoms with van der Waals surface area (Å²) in [7, 11) is 4.14. The summed E-state index contributed by atoms with van der Waals surface area (Å²) in [4.78, 5) is 9.51. The van der Waals surface area contributed by atoms with Gasteiger partial charge in [-0.15, -0.1) is 0 Å². The average molecular weight is 353 g/mol. The Morgan fingerprint density at radius 3 is 2.88 bits per heavy atom. The Hall–Kier alpha value is -1.14. The average Bonchev–Trinajstić information content (AvgIpc) is 3.08. The van der Waals surface area contributed by atoms with E-state index in [1.54, 1.807) is 6.26 Å². The van der Waals surface area contributed by atoms with Crippen molar-refractivity contribution in [3.8, 4) is 0 Å². The van der Waals surface area contributed by atoms with Crippen LogP contribution in [0.2, 0.25) is 0 Å². The fraction of sp³-hybridized carbons (Fsp3) is 0.722. The SMILES string of the molecule is CCNC(=NCC(c1ccco1)N(C)C)N1CCSC(C(C)C)C1. The highest BCUT2D eigenvalue weighted by atomic mass is 32.2. The number of guanidine groups is 1. The van der Waals surface area contributed by atoms with E-state index in [1.165, 1.54) is 5.75 Å². The fourth-order valence-corrected chi connectivity index (χ4v) is 4.16. The van der Waals surface area contributed by atoms with Gasteiger partial charge in [-0.1, -0.05) is 13.8 Å². The van der Waals surface area contributed by atoms with Crippen LogP contribution in [0.5, 0.6) is 0 Å². The van der Waals surface area contributed by atoms with Crippen molar-refractivity contribution in [3.05, 3.63) is 24.2 Å². The van der Waals surface area contributed by atoms with Crippen LogP contribution in [0.4, 0.5) is 0 Å². The third-order valence-electron chi connectivity index (χ3n) is 4.38. The Balaban J connectivity index is 2.09. The molecule has 0 radical (unpaired) electrons. The monoisotopic (exact) mass is 352 g/mol. The number of nitrogens with one attached hydrogen (secondary N) is 1. The summed E-state index contributed by atoms with van der Waals surface area (Å²) in [6, 6.07) is 4.13. The van der Waals surface area contributed by atoms with E-state index in [-0.39, 0.29) is 6.04 Å². The Labute approximate surface area is 150 Å². The predicted octanol–water partition coefficient (Wildman–Crippen LogP) is 2.92. The van der Waals surface area contributed by atoms with Gasteiger partial charge in [-0.3, -0.25) is 9.89 Å². The van der Waals surface area contributed by atoms with Crippen LogP contribution in [0.25, 0.3) is 0 Å². The van der Waals surface area contributed by atoms with Crippen LogP contribution in [-0.2, 0) is 0 Å². The highest BCUT2D eigenvalue weighted by Gasteiger charge is 2.25. The molecule has 1 saturated heterocycles. The Bertz CT molecular complexity index is 501. The minimum Gasteiger partial charge on any atom is -0.468 e. The number of hydrogen-bond donors (Lipinski definition) is 1. The molecule has 136 valence electrons. The largest absolute Gasteiger partial charge is 0.468 e. The van der Waals surface area contributed by atoms with E-state index in [2.05, 4.69) is 61.7 Å². The quantitative estimate of drug-likeness (QED) is 0.630. The van der Waals surface area contributed by atoms with Crippen molar-refractivity contribution in [1.29, 1.82) is 0 Å². The first-order valence-corrected chi connectivity index (χ1v) is 9.92. The van der Waals surface area contributed by atoms with Gasteiger partial charge in [0.15, 0.2) is 5.96 Å². The van der Waals surface area contributed by atoms with Crippen LogP contribution in [0, 0.1) is 5.92 Å². The molecule has 1 aliphatic heterocycles. The van der Waals surface area contributed by atoms with Crippen LogP contribution in [0.3, 0.4) is 0 Å². The summed E-state index contributed by atoms with van der Waals surface area (Å²) in [5, 5.41) is 4.15. The molecule has 0 aliphatic carbocycles. The highest BCUT2D eigenvalue weighted by Crippen LogP contribution is 2.25. The first kappa shape index (κ1) is 19.2. The lowest BCUT2D eigenvalue weighted by atomic mass is 10.1. The molecule has 1 aliphatic rings. The van der Waals surface area contributed by atoms with E-state index in [9.17, 15) is 0 Å². The van der Waals surface area contributed by atoms with Gasteiger partial charge in [-0.25, -0.2) is 0 Å². The Morgan fingerprint density at radius 1 is 1.50 bits per heavy atom. The number of rotatable bonds is 6. The first-order valence-electron chi connectivity index (χ1n) is 8.87. The number of thioether (sulfide) groups is 1. The third-order valence-corrected chi connectivity index (χ3v) is 5.92. The topological polar surface area (TPSA) is 44.0 Å². The maximum Gasteiger partial charge on any atom is 0.194 e. The van der Waals surface area contributed by atoms with Gasteiger partial charge in [0, 0.05) is 30.6 Å². The van der Waals surface area contributed by atoms with Crippen LogP contribution in [0.1, 0.15) is 32.6 Å². The molecule has 0 saturated carbocycles. The van der Waals surface area contributed by atoms with Crippen molar-refractivity contribution in [2.24, 2.45) is 10.9 Å². The molecule has 6 heteroatoms. The predicted molar refractivity (Wildman–Crippen MR) is 104 cm³/mol. The molecule has 0 amide bonds. The molecule has 1 fully saturated rings. The van der Waals surface area contributed by atoms with Crippen LogP contribution in [0.15, 0.2) is 27.8 Å². The second-order valence-electron chi connectivity index (χ2n) is 6.79. The van der Waals surface area contributed by atoms with Gasteiger partial charge in [0.25, 0.3) is 0 Å². The fourth-order valence-electron chi connectivity index (χ4n) is 2.86. The molecule has 1 N–H and O–H groups in total. The first-order chi connectivity index (χ1) is 11.5. The molecular formula is C18H32N4OS. The van der Waals surface area contributed by atoms with Crippen LogP contribution in [-0.4, -0.2) is 67.0 Å². The van der Waals surface area contributed by atoms with Crippen molar-refractivity contribution in [1.82, 2.24) is 15.1 Å². The molecule has 0 bridgehead atoms. The van der Waals surface area contributed by atoms with E-state index in [1.807, 2.05) is 12.1 Å². The zero-order chi connectivity index (χ0) is 17.5. The summed E-state index contributed by atoms with van der Waals surface area (Å²) in [6.45, 7) is 10.5. The van der Waals surface area contributed by atoms with Gasteiger partial charge in [-0.05, 0) is 39.1 Å². The summed E-state index contributed by atoms with van der Waals surface area (Å²) < 4.78 is 5.59. The highest BCUT2D eigenvalue weighted by molar-refractivity contribution is 8.00. The van der Waals surface area contributed by atoms with E-state index < -0.39 is 0 Å². The third kappa shape index (κ3) is 5.18. The lowest BCUT2D eigenvalue weighted by Gasteiger charge is -2.36. The van der Waals surface area contributed by atoms with Gasteiger partial charge < -0.3 is 14.6 Å². The minimum absolute atomic E-state index is 0.161. The molecule has 2 rings (SSSR count). The number of furan rings is 1. The standard InChI is InChI=1S/C18H32N4OS/c1-6-19-18(22-9-11-24-17(13-22)14(2)3)20-12-15(21(4)5)16-8-7-10-23-16/h7-8,10,14-15,17H,6,9,11-13H2,1-5H3,(H,19,20). The molecule has 1 aromatic heterocycles. The molecule has 2 unspecified atom stereocenters. The normalized spacial score (nSPS) is 20.7. The molecule has 2 atom stereocenters. The number of nitrogens with zero attached hydrogens (tertiary/aromatic N) is 3. The van der Waals surface area contributed by atoms with Gasteiger partial charge in [0.2, 0.25) is 0 Å². The van der Waals surface area contributed by atoms with Crippen molar-refractivity contribution in [2.75, 3.05) is 46.0 Å². The summed E-state index contributed by atoms with van der Waals surface area (Å²) in [5.74, 6) is 3.86. The van der Waals surface area contributed by atoms with Crippen LogP contribution < -0.4 is 5.32 Å². The van der Waals surface area contributed by atoms with E-state index in [0.717, 1.165) is 31.4 Å². The Kier molecular flexibility index (Phi) is 7.49. The molecule has 0 spiro atoms.